The number of aromatic nitrogens is 2. The smallest absolute Gasteiger partial charge is 0.245 e. The first-order valence-corrected chi connectivity index (χ1v) is 8.45. The number of imidazole rings is 1. The van der Waals surface area contributed by atoms with Crippen LogP contribution in [-0.4, -0.2) is 20.6 Å². The lowest BCUT2D eigenvalue weighted by Crippen LogP contribution is -2.07. The molecule has 0 fully saturated rings. The molecule has 3 aromatic carbocycles. The van der Waals surface area contributed by atoms with E-state index in [1.54, 1.807) is 24.5 Å². The second kappa shape index (κ2) is 6.80. The summed E-state index contributed by atoms with van der Waals surface area (Å²) in [4.78, 5) is 15.5. The second-order valence-electron chi connectivity index (χ2n) is 6.17. The molecule has 0 atom stereocenters. The molecule has 5 heteroatoms. The highest BCUT2D eigenvalue weighted by atomic mass is 16.3. The largest absolute Gasteiger partial charge is 0.507 e. The van der Waals surface area contributed by atoms with Crippen molar-refractivity contribution in [2.24, 2.45) is 5.73 Å². The summed E-state index contributed by atoms with van der Waals surface area (Å²) in [7, 11) is 0. The number of amides is 1. The Balaban J connectivity index is 1.82. The topological polar surface area (TPSA) is 81.1 Å². The molecule has 4 aromatic rings. The number of benzene rings is 3. The quantitative estimate of drug-likeness (QED) is 0.427. The van der Waals surface area contributed by atoms with Gasteiger partial charge in [-0.25, -0.2) is 4.98 Å². The van der Waals surface area contributed by atoms with Crippen LogP contribution in [0.4, 0.5) is 0 Å². The van der Waals surface area contributed by atoms with Crippen LogP contribution in [0.2, 0.25) is 0 Å². The fourth-order valence-corrected chi connectivity index (χ4v) is 3.06. The summed E-state index contributed by atoms with van der Waals surface area (Å²) < 4.78 is 1.95. The first-order chi connectivity index (χ1) is 13.1. The summed E-state index contributed by atoms with van der Waals surface area (Å²) in [5.74, 6) is -0.869. The number of hydrogen-bond donors (Lipinski definition) is 2. The number of rotatable bonds is 4. The molecule has 27 heavy (non-hydrogen) atoms. The predicted octanol–water partition coefficient (Wildman–Crippen LogP) is 4.08. The SMILES string of the molecule is NC(=O)/C=C(\O)c1ccc2ncn(-c3cccc(-c4ccccc4)c3)c2c1. The van der Waals surface area contributed by atoms with E-state index in [4.69, 9.17) is 5.73 Å². The van der Waals surface area contributed by atoms with Gasteiger partial charge in [-0.1, -0.05) is 42.5 Å². The lowest BCUT2D eigenvalue weighted by molar-refractivity contribution is -0.113. The molecule has 4 rings (SSSR count). The van der Waals surface area contributed by atoms with Crippen molar-refractivity contribution in [1.29, 1.82) is 0 Å². The Labute approximate surface area is 156 Å². The Morgan fingerprint density at radius 3 is 2.52 bits per heavy atom. The summed E-state index contributed by atoms with van der Waals surface area (Å²) in [5.41, 5.74) is 10.4. The van der Waals surface area contributed by atoms with Crippen molar-refractivity contribution >= 4 is 22.7 Å². The van der Waals surface area contributed by atoms with E-state index in [2.05, 4.69) is 29.2 Å². The zero-order valence-electron chi connectivity index (χ0n) is 14.4. The van der Waals surface area contributed by atoms with Crippen molar-refractivity contribution in [1.82, 2.24) is 9.55 Å². The van der Waals surface area contributed by atoms with Gasteiger partial charge in [0.25, 0.3) is 0 Å². The van der Waals surface area contributed by atoms with Crippen LogP contribution in [0, 0.1) is 0 Å². The molecule has 132 valence electrons. The van der Waals surface area contributed by atoms with Gasteiger partial charge in [0.15, 0.2) is 0 Å². The van der Waals surface area contributed by atoms with Crippen LogP contribution in [-0.2, 0) is 4.79 Å². The Hall–Kier alpha value is -3.86. The molecule has 0 unspecified atom stereocenters. The summed E-state index contributed by atoms with van der Waals surface area (Å²) in [6, 6.07) is 23.6. The second-order valence-corrected chi connectivity index (χ2v) is 6.17. The number of carbonyl (C=O) groups excluding carboxylic acids is 1. The molecule has 0 aliphatic carbocycles. The van der Waals surface area contributed by atoms with Gasteiger partial charge in [-0.3, -0.25) is 9.36 Å². The maximum absolute atomic E-state index is 11.0. The monoisotopic (exact) mass is 355 g/mol. The van der Waals surface area contributed by atoms with Gasteiger partial charge in [-0.15, -0.1) is 0 Å². The first kappa shape index (κ1) is 16.6. The van der Waals surface area contributed by atoms with Gasteiger partial charge in [-0.2, -0.15) is 0 Å². The van der Waals surface area contributed by atoms with Crippen LogP contribution in [0.5, 0.6) is 0 Å². The van der Waals surface area contributed by atoms with Crippen LogP contribution in [0.3, 0.4) is 0 Å². The molecule has 0 radical (unpaired) electrons. The zero-order chi connectivity index (χ0) is 18.8. The molecular formula is C22H17N3O2. The Bertz CT molecular complexity index is 1160. The van der Waals surface area contributed by atoms with Gasteiger partial charge in [0.2, 0.25) is 5.91 Å². The average Bonchev–Trinajstić information content (AvgIpc) is 3.11. The zero-order valence-corrected chi connectivity index (χ0v) is 14.4. The molecule has 1 amide bonds. The van der Waals surface area contributed by atoms with Crippen LogP contribution < -0.4 is 5.73 Å². The van der Waals surface area contributed by atoms with Crippen molar-refractivity contribution in [3.05, 3.63) is 90.8 Å². The highest BCUT2D eigenvalue weighted by Gasteiger charge is 2.09. The van der Waals surface area contributed by atoms with Crippen molar-refractivity contribution in [3.8, 4) is 16.8 Å². The van der Waals surface area contributed by atoms with Crippen LogP contribution in [0.25, 0.3) is 33.6 Å². The third-order valence-corrected chi connectivity index (χ3v) is 4.35. The minimum atomic E-state index is -0.698. The van der Waals surface area contributed by atoms with Gasteiger partial charge in [0.05, 0.1) is 11.0 Å². The van der Waals surface area contributed by atoms with Gasteiger partial charge in [0, 0.05) is 17.3 Å². The van der Waals surface area contributed by atoms with E-state index >= 15 is 0 Å². The average molecular weight is 355 g/mol. The molecule has 0 aliphatic rings. The van der Waals surface area contributed by atoms with Crippen molar-refractivity contribution in [3.63, 3.8) is 0 Å². The lowest BCUT2D eigenvalue weighted by atomic mass is 10.1. The van der Waals surface area contributed by atoms with E-state index < -0.39 is 5.91 Å². The molecule has 1 heterocycles. The third-order valence-electron chi connectivity index (χ3n) is 4.35. The summed E-state index contributed by atoms with van der Waals surface area (Å²) in [5, 5.41) is 10.1. The highest BCUT2D eigenvalue weighted by Crippen LogP contribution is 2.26. The van der Waals surface area contributed by atoms with Gasteiger partial charge >= 0.3 is 0 Å². The molecule has 0 bridgehead atoms. The molecule has 3 N–H and O–H groups in total. The molecule has 1 aromatic heterocycles. The number of primary amides is 1. The summed E-state index contributed by atoms with van der Waals surface area (Å²) >= 11 is 0. The number of nitrogens with two attached hydrogens (primary N) is 1. The van der Waals surface area contributed by atoms with E-state index in [1.165, 1.54) is 0 Å². The van der Waals surface area contributed by atoms with Crippen molar-refractivity contribution in [2.45, 2.75) is 0 Å². The van der Waals surface area contributed by atoms with Gasteiger partial charge < -0.3 is 10.8 Å². The highest BCUT2D eigenvalue weighted by molar-refractivity contribution is 5.93. The van der Waals surface area contributed by atoms with Crippen LogP contribution >= 0.6 is 0 Å². The Morgan fingerprint density at radius 2 is 1.74 bits per heavy atom. The minimum Gasteiger partial charge on any atom is -0.507 e. The minimum absolute atomic E-state index is 0.171. The number of nitrogens with zero attached hydrogens (tertiary/aromatic N) is 2. The standard InChI is InChI=1S/C22H17N3O2/c23-22(27)13-21(26)17-9-10-19-20(12-17)25(14-24-19)18-8-4-7-16(11-18)15-5-2-1-3-6-15/h1-14,26H,(H2,23,27)/b21-13-. The molecule has 0 saturated carbocycles. The fourth-order valence-electron chi connectivity index (χ4n) is 3.06. The molecule has 0 saturated heterocycles. The van der Waals surface area contributed by atoms with Crippen LogP contribution in [0.1, 0.15) is 5.56 Å². The third kappa shape index (κ3) is 3.30. The van der Waals surface area contributed by atoms with E-state index in [-0.39, 0.29) is 5.76 Å². The van der Waals surface area contributed by atoms with E-state index in [1.807, 2.05) is 34.9 Å². The van der Waals surface area contributed by atoms with E-state index in [0.29, 0.717) is 5.56 Å². The van der Waals surface area contributed by atoms with Crippen LogP contribution in [0.15, 0.2) is 85.2 Å². The lowest BCUT2D eigenvalue weighted by Gasteiger charge is -2.08. The first-order valence-electron chi connectivity index (χ1n) is 8.45. The van der Waals surface area contributed by atoms with E-state index in [9.17, 15) is 9.90 Å². The van der Waals surface area contributed by atoms with Gasteiger partial charge in [-0.05, 0) is 41.5 Å². The summed E-state index contributed by atoms with van der Waals surface area (Å²) in [6.45, 7) is 0. The van der Waals surface area contributed by atoms with Crippen molar-refractivity contribution < 1.29 is 9.90 Å². The molecule has 0 aliphatic heterocycles. The number of hydrogen-bond acceptors (Lipinski definition) is 3. The predicted molar refractivity (Wildman–Crippen MR) is 106 cm³/mol. The number of carbonyl (C=O) groups is 1. The maximum atomic E-state index is 11.0. The summed E-state index contributed by atoms with van der Waals surface area (Å²) in [6.07, 6.45) is 2.74. The normalized spacial score (nSPS) is 11.6. The molecule has 0 spiro atoms. The maximum Gasteiger partial charge on any atom is 0.245 e. The molecule has 5 nitrogen and oxygen atoms in total. The van der Waals surface area contributed by atoms with Crippen molar-refractivity contribution in [2.75, 3.05) is 0 Å². The van der Waals surface area contributed by atoms with Gasteiger partial charge in [0.1, 0.15) is 12.1 Å². The Kier molecular flexibility index (Phi) is 4.18. The number of aliphatic hydroxyl groups excluding tert-OH is 1. The number of aliphatic hydroxyl groups is 1. The van der Waals surface area contributed by atoms with E-state index in [0.717, 1.165) is 33.9 Å². The number of fused-ring (bicyclic) bond motifs is 1. The Morgan fingerprint density at radius 1 is 0.963 bits per heavy atom. The molecular weight excluding hydrogens is 338 g/mol. The fraction of sp³-hybridized carbons (Fsp3) is 0.